The number of nitrogens with zero attached hydrogens (tertiary/aromatic N) is 1. The molecular weight excluding hydrogens is 188 g/mol. The van der Waals surface area contributed by atoms with Gasteiger partial charge in [-0.05, 0) is 23.9 Å². The highest BCUT2D eigenvalue weighted by Crippen LogP contribution is 2.23. The molecule has 0 aliphatic heterocycles. The normalized spacial score (nSPS) is 14.5. The van der Waals surface area contributed by atoms with E-state index in [1.807, 2.05) is 6.07 Å². The molecule has 0 aliphatic rings. The van der Waals surface area contributed by atoms with Crippen LogP contribution in [0.1, 0.15) is 17.4 Å². The third-order valence-corrected chi connectivity index (χ3v) is 2.59. The van der Waals surface area contributed by atoms with Gasteiger partial charge in [-0.25, -0.2) is 4.79 Å². The maximum absolute atomic E-state index is 10.7. The number of carboxylic acids is 1. The molecule has 0 aromatic carbocycles. The van der Waals surface area contributed by atoms with E-state index in [2.05, 4.69) is 0 Å². The molecule has 1 heterocycles. The van der Waals surface area contributed by atoms with Crippen LogP contribution in [0.15, 0.2) is 11.4 Å². The number of aliphatic carboxylic acids is 1. The number of rotatable bonds is 2. The van der Waals surface area contributed by atoms with Crippen LogP contribution in [0.3, 0.4) is 0 Å². The van der Waals surface area contributed by atoms with Crippen molar-refractivity contribution in [3.05, 3.63) is 21.9 Å². The summed E-state index contributed by atoms with van der Waals surface area (Å²) in [6, 6.07) is 3.43. The van der Waals surface area contributed by atoms with Gasteiger partial charge in [-0.1, -0.05) is 0 Å². The number of nitrogens with two attached hydrogens (primary N) is 1. The molecule has 0 fully saturated rings. The molecule has 1 aromatic heterocycles. The lowest BCUT2D eigenvalue weighted by atomic mass is 9.96. The van der Waals surface area contributed by atoms with Crippen molar-refractivity contribution in [2.75, 3.05) is 0 Å². The zero-order chi connectivity index (χ0) is 10.1. The average Bonchev–Trinajstić information content (AvgIpc) is 2.51. The zero-order valence-corrected chi connectivity index (χ0v) is 7.76. The van der Waals surface area contributed by atoms with Crippen molar-refractivity contribution in [3.63, 3.8) is 0 Å². The molecule has 5 heteroatoms. The summed E-state index contributed by atoms with van der Waals surface area (Å²) in [4.78, 5) is 11.2. The molecule has 0 saturated carbocycles. The van der Waals surface area contributed by atoms with Gasteiger partial charge in [0, 0.05) is 0 Å². The fourth-order valence-electron chi connectivity index (χ4n) is 0.791. The van der Waals surface area contributed by atoms with Gasteiger partial charge in [0.2, 0.25) is 0 Å². The van der Waals surface area contributed by atoms with E-state index in [-0.39, 0.29) is 0 Å². The van der Waals surface area contributed by atoms with Gasteiger partial charge in [0.05, 0.1) is 0 Å². The molecule has 0 aliphatic carbocycles. The van der Waals surface area contributed by atoms with E-state index >= 15 is 0 Å². The first kappa shape index (κ1) is 9.71. The van der Waals surface area contributed by atoms with Gasteiger partial charge in [0.15, 0.2) is 0 Å². The first-order valence-electron chi connectivity index (χ1n) is 3.50. The van der Waals surface area contributed by atoms with Crippen molar-refractivity contribution in [1.82, 2.24) is 0 Å². The van der Waals surface area contributed by atoms with Crippen LogP contribution >= 0.6 is 11.3 Å². The lowest BCUT2D eigenvalue weighted by molar-refractivity contribution is -0.143. The fourth-order valence-corrected chi connectivity index (χ4v) is 1.61. The monoisotopic (exact) mass is 196 g/mol. The third-order valence-electron chi connectivity index (χ3n) is 1.75. The highest BCUT2D eigenvalue weighted by atomic mass is 32.1. The molecule has 0 saturated heterocycles. The Morgan fingerprint density at radius 1 is 1.85 bits per heavy atom. The van der Waals surface area contributed by atoms with Gasteiger partial charge in [-0.3, -0.25) is 0 Å². The minimum absolute atomic E-state index is 0.460. The number of carbonyl (C=O) groups is 1. The van der Waals surface area contributed by atoms with Gasteiger partial charge in [0.1, 0.15) is 16.5 Å². The summed E-state index contributed by atoms with van der Waals surface area (Å²) in [7, 11) is 0. The molecule has 13 heavy (non-hydrogen) atoms. The first-order valence-corrected chi connectivity index (χ1v) is 4.38. The van der Waals surface area contributed by atoms with Crippen LogP contribution in [0, 0.1) is 11.3 Å². The van der Waals surface area contributed by atoms with Gasteiger partial charge in [-0.2, -0.15) is 5.26 Å². The molecule has 0 bridgehead atoms. The summed E-state index contributed by atoms with van der Waals surface area (Å²) in [6.45, 7) is 1.40. The Kier molecular flexibility index (Phi) is 2.36. The van der Waals surface area contributed by atoms with E-state index in [1.165, 1.54) is 24.3 Å². The topological polar surface area (TPSA) is 87.1 Å². The van der Waals surface area contributed by atoms with E-state index in [1.54, 1.807) is 5.38 Å². The quantitative estimate of drug-likeness (QED) is 0.735. The van der Waals surface area contributed by atoms with Crippen LogP contribution in [0.25, 0.3) is 0 Å². The molecule has 1 unspecified atom stereocenters. The van der Waals surface area contributed by atoms with E-state index < -0.39 is 11.5 Å². The Bertz CT molecular complexity index is 376. The Morgan fingerprint density at radius 3 is 2.85 bits per heavy atom. The molecule has 0 spiro atoms. The molecule has 68 valence electrons. The van der Waals surface area contributed by atoms with Gasteiger partial charge < -0.3 is 10.8 Å². The number of carboxylic acid groups (broad SMARTS) is 1. The largest absolute Gasteiger partial charge is 0.480 e. The van der Waals surface area contributed by atoms with Crippen LogP contribution in [0.4, 0.5) is 0 Å². The summed E-state index contributed by atoms with van der Waals surface area (Å²) < 4.78 is 0. The van der Waals surface area contributed by atoms with Crippen molar-refractivity contribution >= 4 is 17.3 Å². The van der Waals surface area contributed by atoms with Crippen LogP contribution in [0.5, 0.6) is 0 Å². The first-order chi connectivity index (χ1) is 5.98. The number of thiophene rings is 1. The van der Waals surface area contributed by atoms with E-state index in [0.717, 1.165) is 0 Å². The minimum atomic E-state index is -1.41. The van der Waals surface area contributed by atoms with Crippen molar-refractivity contribution in [3.8, 4) is 6.07 Å². The lowest BCUT2D eigenvalue weighted by Crippen LogP contribution is -2.41. The predicted octanol–water partition coefficient (Wildman–Crippen LogP) is 0.878. The Morgan fingerprint density at radius 2 is 2.46 bits per heavy atom. The van der Waals surface area contributed by atoms with E-state index in [9.17, 15) is 4.79 Å². The standard InChI is InChI=1S/C8H8N2O2S/c1-8(10,7(11)12)5-2-6(3-9)13-4-5/h2,4H,10H2,1H3,(H,11,12). The highest BCUT2D eigenvalue weighted by Gasteiger charge is 2.31. The lowest BCUT2D eigenvalue weighted by Gasteiger charge is -2.16. The number of hydrogen-bond donors (Lipinski definition) is 2. The maximum atomic E-state index is 10.7. The highest BCUT2D eigenvalue weighted by molar-refractivity contribution is 7.10. The van der Waals surface area contributed by atoms with Crippen LogP contribution in [-0.2, 0) is 10.3 Å². The average molecular weight is 196 g/mol. The Labute approximate surface area is 79.2 Å². The van der Waals surface area contributed by atoms with E-state index in [0.29, 0.717) is 10.4 Å². The molecule has 1 atom stereocenters. The molecule has 4 nitrogen and oxygen atoms in total. The summed E-state index contributed by atoms with van der Waals surface area (Å²) in [5, 5.41) is 18.9. The van der Waals surface area contributed by atoms with Gasteiger partial charge in [0.25, 0.3) is 0 Å². The molecule has 0 amide bonds. The van der Waals surface area contributed by atoms with Crippen molar-refractivity contribution < 1.29 is 9.90 Å². The van der Waals surface area contributed by atoms with Crippen molar-refractivity contribution in [2.45, 2.75) is 12.5 Å². The summed E-state index contributed by atoms with van der Waals surface area (Å²) in [6.07, 6.45) is 0. The fraction of sp³-hybridized carbons (Fsp3) is 0.250. The minimum Gasteiger partial charge on any atom is -0.480 e. The summed E-state index contributed by atoms with van der Waals surface area (Å²) >= 11 is 1.19. The Balaban J connectivity index is 3.09. The molecule has 3 N–H and O–H groups in total. The van der Waals surface area contributed by atoms with Gasteiger partial charge >= 0.3 is 5.97 Å². The molecule has 0 radical (unpaired) electrons. The summed E-state index contributed by atoms with van der Waals surface area (Å²) in [5.41, 5.74) is 4.60. The van der Waals surface area contributed by atoms with Crippen molar-refractivity contribution in [1.29, 1.82) is 5.26 Å². The van der Waals surface area contributed by atoms with Crippen molar-refractivity contribution in [2.24, 2.45) is 5.73 Å². The van der Waals surface area contributed by atoms with Crippen LogP contribution in [0.2, 0.25) is 0 Å². The molecular formula is C8H8N2O2S. The second-order valence-electron chi connectivity index (χ2n) is 2.82. The summed E-state index contributed by atoms with van der Waals surface area (Å²) in [5.74, 6) is -1.10. The molecule has 1 rings (SSSR count). The smallest absolute Gasteiger partial charge is 0.328 e. The second kappa shape index (κ2) is 3.17. The van der Waals surface area contributed by atoms with Gasteiger partial charge in [-0.15, -0.1) is 11.3 Å². The van der Waals surface area contributed by atoms with E-state index in [4.69, 9.17) is 16.1 Å². The van der Waals surface area contributed by atoms with Crippen LogP contribution in [-0.4, -0.2) is 11.1 Å². The SMILES string of the molecule is CC(N)(C(=O)O)c1csc(C#N)c1. The zero-order valence-electron chi connectivity index (χ0n) is 6.94. The van der Waals surface area contributed by atoms with Crippen LogP contribution < -0.4 is 5.73 Å². The number of nitriles is 1. The molecule has 1 aromatic rings. The Hall–Kier alpha value is -1.38. The number of hydrogen-bond acceptors (Lipinski definition) is 4. The predicted molar refractivity (Wildman–Crippen MR) is 48.2 cm³/mol. The third kappa shape index (κ3) is 1.69. The second-order valence-corrected chi connectivity index (χ2v) is 3.73. The maximum Gasteiger partial charge on any atom is 0.328 e.